The molecule has 1 saturated carbocycles. The molecular formula is C12H13NO2S. The van der Waals surface area contributed by atoms with Crippen molar-refractivity contribution in [3.63, 3.8) is 0 Å². The number of hydrogen-bond donors (Lipinski definition) is 0. The molecule has 0 radical (unpaired) electrons. The van der Waals surface area contributed by atoms with Gasteiger partial charge in [0.15, 0.2) is 0 Å². The van der Waals surface area contributed by atoms with Gasteiger partial charge in [-0.15, -0.1) is 11.3 Å². The Morgan fingerprint density at radius 1 is 1.69 bits per heavy atom. The summed E-state index contributed by atoms with van der Waals surface area (Å²) >= 11 is 1.45. The quantitative estimate of drug-likeness (QED) is 0.757. The van der Waals surface area contributed by atoms with Crippen molar-refractivity contribution in [1.29, 1.82) is 5.26 Å². The molecule has 1 heterocycles. The van der Waals surface area contributed by atoms with Crippen LogP contribution in [0.5, 0.6) is 0 Å². The summed E-state index contributed by atoms with van der Waals surface area (Å²) in [6.07, 6.45) is 2.59. The summed E-state index contributed by atoms with van der Waals surface area (Å²) in [5.74, 6) is -0.318. The molecule has 0 atom stereocenters. The standard InChI is InChI=1S/C12H13NO2S/c1-3-8-6-9(12(7-13)4-5-12)10(16-8)11(14)15-2/h6H,3-5H2,1-2H3. The highest BCUT2D eigenvalue weighted by atomic mass is 32.1. The minimum atomic E-state index is -0.409. The summed E-state index contributed by atoms with van der Waals surface area (Å²) in [5, 5.41) is 9.17. The van der Waals surface area contributed by atoms with E-state index >= 15 is 0 Å². The van der Waals surface area contributed by atoms with Crippen LogP contribution in [0.3, 0.4) is 0 Å². The third-order valence-electron chi connectivity index (χ3n) is 2.98. The number of methoxy groups -OCH3 is 1. The Hall–Kier alpha value is -1.34. The van der Waals surface area contributed by atoms with Crippen LogP contribution < -0.4 is 0 Å². The van der Waals surface area contributed by atoms with Crippen LogP contribution in [0.25, 0.3) is 0 Å². The number of thiophene rings is 1. The number of carbonyl (C=O) groups is 1. The van der Waals surface area contributed by atoms with E-state index in [0.717, 1.165) is 29.7 Å². The van der Waals surface area contributed by atoms with Gasteiger partial charge in [0.05, 0.1) is 18.6 Å². The van der Waals surface area contributed by atoms with Crippen molar-refractivity contribution in [3.8, 4) is 6.07 Å². The number of ether oxygens (including phenoxy) is 1. The number of rotatable bonds is 3. The molecule has 0 saturated heterocycles. The molecule has 0 aromatic carbocycles. The monoisotopic (exact) mass is 235 g/mol. The maximum absolute atomic E-state index is 11.6. The van der Waals surface area contributed by atoms with Crippen molar-refractivity contribution in [2.75, 3.05) is 7.11 Å². The summed E-state index contributed by atoms with van der Waals surface area (Å²) < 4.78 is 4.76. The summed E-state index contributed by atoms with van der Waals surface area (Å²) in [5.41, 5.74) is 0.469. The predicted molar refractivity (Wildman–Crippen MR) is 61.6 cm³/mol. The average molecular weight is 235 g/mol. The fraction of sp³-hybridized carbons (Fsp3) is 0.500. The highest BCUT2D eigenvalue weighted by Crippen LogP contribution is 2.50. The van der Waals surface area contributed by atoms with E-state index in [1.54, 1.807) is 0 Å². The number of carbonyl (C=O) groups excluding carboxylic acids is 1. The van der Waals surface area contributed by atoms with E-state index in [1.807, 2.05) is 13.0 Å². The lowest BCUT2D eigenvalue weighted by molar-refractivity contribution is 0.0604. The van der Waals surface area contributed by atoms with Gasteiger partial charge in [-0.3, -0.25) is 0 Å². The number of aryl methyl sites for hydroxylation is 1. The molecule has 16 heavy (non-hydrogen) atoms. The van der Waals surface area contributed by atoms with Gasteiger partial charge < -0.3 is 4.74 Å². The van der Waals surface area contributed by atoms with E-state index in [0.29, 0.717) is 4.88 Å². The van der Waals surface area contributed by atoms with Crippen LogP contribution >= 0.6 is 11.3 Å². The zero-order valence-corrected chi connectivity index (χ0v) is 10.2. The highest BCUT2D eigenvalue weighted by Gasteiger charge is 2.48. The zero-order chi connectivity index (χ0) is 11.8. The van der Waals surface area contributed by atoms with Crippen molar-refractivity contribution < 1.29 is 9.53 Å². The van der Waals surface area contributed by atoms with Crippen LogP contribution in [0, 0.1) is 11.3 Å². The number of hydrogen-bond acceptors (Lipinski definition) is 4. The van der Waals surface area contributed by atoms with Gasteiger partial charge in [0.25, 0.3) is 0 Å². The third kappa shape index (κ3) is 1.61. The van der Waals surface area contributed by atoms with Crippen molar-refractivity contribution in [3.05, 3.63) is 21.4 Å². The second-order valence-corrected chi connectivity index (χ2v) is 5.13. The van der Waals surface area contributed by atoms with Gasteiger partial charge in [0, 0.05) is 4.88 Å². The molecule has 1 aromatic rings. The summed E-state index contributed by atoms with van der Waals surface area (Å²) in [6, 6.07) is 4.32. The molecule has 3 nitrogen and oxygen atoms in total. The molecule has 0 amide bonds. The average Bonchev–Trinajstić information content (AvgIpc) is 3.00. The molecular weight excluding hydrogens is 222 g/mol. The fourth-order valence-electron chi connectivity index (χ4n) is 1.78. The summed E-state index contributed by atoms with van der Waals surface area (Å²) in [6.45, 7) is 2.04. The molecule has 1 fully saturated rings. The minimum absolute atomic E-state index is 0.318. The second-order valence-electron chi connectivity index (χ2n) is 3.99. The van der Waals surface area contributed by atoms with Gasteiger partial charge in [-0.25, -0.2) is 4.79 Å². The first-order chi connectivity index (χ1) is 7.66. The molecule has 0 spiro atoms. The first-order valence-electron chi connectivity index (χ1n) is 5.29. The molecule has 1 aromatic heterocycles. The third-order valence-corrected chi connectivity index (χ3v) is 4.24. The highest BCUT2D eigenvalue weighted by molar-refractivity contribution is 7.14. The first kappa shape index (κ1) is 11.2. The maximum Gasteiger partial charge on any atom is 0.348 e. The van der Waals surface area contributed by atoms with Crippen molar-refractivity contribution in [2.24, 2.45) is 0 Å². The number of esters is 1. The molecule has 1 aliphatic carbocycles. The maximum atomic E-state index is 11.6. The lowest BCUT2D eigenvalue weighted by atomic mass is 9.98. The Balaban J connectivity index is 2.48. The van der Waals surface area contributed by atoms with Crippen LogP contribution in [0.2, 0.25) is 0 Å². The zero-order valence-electron chi connectivity index (χ0n) is 9.37. The SMILES string of the molecule is CCc1cc(C2(C#N)CC2)c(C(=O)OC)s1. The summed E-state index contributed by atoms with van der Waals surface area (Å²) in [4.78, 5) is 13.4. The fourth-order valence-corrected chi connectivity index (χ4v) is 2.90. The van der Waals surface area contributed by atoms with Crippen molar-refractivity contribution in [2.45, 2.75) is 31.6 Å². The van der Waals surface area contributed by atoms with Crippen LogP contribution in [0.4, 0.5) is 0 Å². The van der Waals surface area contributed by atoms with E-state index in [9.17, 15) is 10.1 Å². The van der Waals surface area contributed by atoms with Crippen LogP contribution in [-0.4, -0.2) is 13.1 Å². The minimum Gasteiger partial charge on any atom is -0.465 e. The van der Waals surface area contributed by atoms with Gasteiger partial charge in [-0.2, -0.15) is 5.26 Å². The molecule has 0 aliphatic heterocycles. The Labute approximate surface area is 98.7 Å². The molecule has 1 aliphatic rings. The van der Waals surface area contributed by atoms with Gasteiger partial charge in [0.1, 0.15) is 4.88 Å². The summed E-state index contributed by atoms with van der Waals surface area (Å²) in [7, 11) is 1.38. The van der Waals surface area contributed by atoms with Crippen LogP contribution in [0.15, 0.2) is 6.07 Å². The van der Waals surface area contributed by atoms with Crippen molar-refractivity contribution >= 4 is 17.3 Å². The Morgan fingerprint density at radius 2 is 2.38 bits per heavy atom. The van der Waals surface area contributed by atoms with E-state index in [1.165, 1.54) is 18.4 Å². The first-order valence-corrected chi connectivity index (χ1v) is 6.11. The van der Waals surface area contributed by atoms with Gasteiger partial charge in [0.2, 0.25) is 0 Å². The van der Waals surface area contributed by atoms with Gasteiger partial charge in [-0.05, 0) is 30.9 Å². The normalized spacial score (nSPS) is 16.6. The lowest BCUT2D eigenvalue weighted by Gasteiger charge is -2.05. The van der Waals surface area contributed by atoms with Crippen molar-refractivity contribution in [1.82, 2.24) is 0 Å². The predicted octanol–water partition coefficient (Wildman–Crippen LogP) is 2.65. The number of nitriles is 1. The Bertz CT molecular complexity index is 466. The molecule has 0 bridgehead atoms. The van der Waals surface area contributed by atoms with E-state index in [2.05, 4.69) is 6.07 Å². The lowest BCUT2D eigenvalue weighted by Crippen LogP contribution is -2.09. The molecule has 0 N–H and O–H groups in total. The van der Waals surface area contributed by atoms with E-state index in [-0.39, 0.29) is 5.97 Å². The van der Waals surface area contributed by atoms with Gasteiger partial charge in [-0.1, -0.05) is 6.92 Å². The van der Waals surface area contributed by atoms with Crippen LogP contribution in [0.1, 0.15) is 39.9 Å². The molecule has 4 heteroatoms. The second kappa shape index (κ2) is 3.91. The van der Waals surface area contributed by atoms with Crippen LogP contribution in [-0.2, 0) is 16.6 Å². The topological polar surface area (TPSA) is 50.1 Å². The number of nitrogens with zero attached hydrogens (tertiary/aromatic N) is 1. The van der Waals surface area contributed by atoms with Gasteiger partial charge >= 0.3 is 5.97 Å². The smallest absolute Gasteiger partial charge is 0.348 e. The van der Waals surface area contributed by atoms with E-state index in [4.69, 9.17) is 4.74 Å². The molecule has 84 valence electrons. The largest absolute Gasteiger partial charge is 0.465 e. The molecule has 2 rings (SSSR count). The van der Waals surface area contributed by atoms with E-state index < -0.39 is 5.41 Å². The Morgan fingerprint density at radius 3 is 2.81 bits per heavy atom. The molecule has 0 unspecified atom stereocenters. The Kier molecular flexibility index (Phi) is 2.73.